The Kier molecular flexibility index (Phi) is 11.6. The van der Waals surface area contributed by atoms with Crippen molar-refractivity contribution < 1.29 is 31.2 Å². The van der Waals surface area contributed by atoms with Gasteiger partial charge in [-0.25, -0.2) is 8.42 Å². The van der Waals surface area contributed by atoms with Gasteiger partial charge in [0.1, 0.15) is 0 Å². The number of halogens is 3. The summed E-state index contributed by atoms with van der Waals surface area (Å²) in [6.45, 7) is 5.38. The van der Waals surface area contributed by atoms with E-state index in [4.69, 9.17) is 5.10 Å². The maximum Gasteiger partial charge on any atom is 0.417 e. The molecule has 0 atom stereocenters. The molecule has 10 nitrogen and oxygen atoms in total. The monoisotopic (exact) mass is 784 g/mol. The zero-order valence-corrected chi connectivity index (χ0v) is 32.2. The summed E-state index contributed by atoms with van der Waals surface area (Å²) in [6.07, 6.45) is 3.95. The van der Waals surface area contributed by atoms with Crippen molar-refractivity contribution in [3.63, 3.8) is 0 Å². The van der Waals surface area contributed by atoms with Gasteiger partial charge in [0.2, 0.25) is 21.8 Å². The van der Waals surface area contributed by atoms with Gasteiger partial charge in [-0.15, -0.1) is 11.8 Å². The summed E-state index contributed by atoms with van der Waals surface area (Å²) in [5, 5.41) is 4.93. The van der Waals surface area contributed by atoms with Gasteiger partial charge in [0.15, 0.2) is 0 Å². The van der Waals surface area contributed by atoms with Crippen LogP contribution in [0.4, 0.5) is 13.2 Å². The van der Waals surface area contributed by atoms with Crippen LogP contribution < -0.4 is 0 Å². The number of fused-ring (bicyclic) bond motifs is 1. The van der Waals surface area contributed by atoms with Crippen LogP contribution in [0.15, 0.2) is 59.5 Å². The quantitative estimate of drug-likeness (QED) is 0.228. The van der Waals surface area contributed by atoms with Crippen molar-refractivity contribution in [3.8, 4) is 11.3 Å². The summed E-state index contributed by atoms with van der Waals surface area (Å²) in [4.78, 5) is 31.5. The molecule has 2 saturated heterocycles. The van der Waals surface area contributed by atoms with E-state index in [0.717, 1.165) is 92.8 Å². The molecule has 5 heterocycles. The first kappa shape index (κ1) is 38.6. The standard InChI is InChI=1S/C39H47F3N6O4S2/c1-54(51,52)46-24-16-34-32(26-46)38(43-48(34)19-6-17-44-20-14-31(15-21-44)47-18-5-9-36(47)49)30-10-11-33(39(40,41)42)35(25-30)53-27-37(50)45-22-12-29(13-23-45)28-7-3-2-4-8-28/h2-4,7-8,10-12,25,31H,5-6,9,13-24,26-27H2,1H3. The number of benzene rings is 2. The molecule has 0 spiro atoms. The Morgan fingerprint density at radius 1 is 0.944 bits per heavy atom. The van der Waals surface area contributed by atoms with E-state index in [9.17, 15) is 31.2 Å². The summed E-state index contributed by atoms with van der Waals surface area (Å²) < 4.78 is 71.4. The summed E-state index contributed by atoms with van der Waals surface area (Å²) in [5.74, 6) is -0.121. The number of nitrogens with zero attached hydrogens (tertiary/aromatic N) is 6. The number of carbonyl (C=O) groups excluding carboxylic acids is 2. The van der Waals surface area contributed by atoms with Crippen LogP contribution in [-0.2, 0) is 45.3 Å². The van der Waals surface area contributed by atoms with Gasteiger partial charge in [-0.1, -0.05) is 42.5 Å². The van der Waals surface area contributed by atoms with Gasteiger partial charge in [0.05, 0.1) is 23.3 Å². The van der Waals surface area contributed by atoms with Crippen molar-refractivity contribution in [1.82, 2.24) is 28.8 Å². The van der Waals surface area contributed by atoms with Crippen LogP contribution in [0.5, 0.6) is 0 Å². The number of hydrogen-bond acceptors (Lipinski definition) is 7. The number of piperidine rings is 1. The third-order valence-electron chi connectivity index (χ3n) is 11.1. The molecule has 0 radical (unpaired) electrons. The van der Waals surface area contributed by atoms with Crippen LogP contribution >= 0.6 is 11.8 Å². The number of sulfonamides is 1. The minimum atomic E-state index is -4.63. The fourth-order valence-electron chi connectivity index (χ4n) is 8.18. The largest absolute Gasteiger partial charge is 0.417 e. The number of hydrogen-bond donors (Lipinski definition) is 0. The summed E-state index contributed by atoms with van der Waals surface area (Å²) in [5.41, 5.74) is 3.94. The highest BCUT2D eigenvalue weighted by Gasteiger charge is 2.36. The van der Waals surface area contributed by atoms with Gasteiger partial charge < -0.3 is 14.7 Å². The van der Waals surface area contributed by atoms with Crippen LogP contribution in [0.1, 0.15) is 60.9 Å². The van der Waals surface area contributed by atoms with Crippen LogP contribution in [0, 0.1) is 0 Å². The van der Waals surface area contributed by atoms with E-state index < -0.39 is 21.8 Å². The summed E-state index contributed by atoms with van der Waals surface area (Å²) in [7, 11) is -3.52. The smallest absolute Gasteiger partial charge is 0.340 e. The number of likely N-dealkylation sites (tertiary alicyclic amines) is 2. The fraction of sp³-hybridized carbons (Fsp3) is 0.513. The van der Waals surface area contributed by atoms with Crippen LogP contribution in [0.2, 0.25) is 0 Å². The molecule has 4 aliphatic heterocycles. The van der Waals surface area contributed by atoms with Crippen molar-refractivity contribution in [2.75, 3.05) is 57.8 Å². The molecule has 290 valence electrons. The van der Waals surface area contributed by atoms with E-state index in [1.165, 1.54) is 16.4 Å². The second-order valence-corrected chi connectivity index (χ2v) is 17.6. The number of alkyl halides is 3. The van der Waals surface area contributed by atoms with E-state index in [2.05, 4.69) is 4.90 Å². The van der Waals surface area contributed by atoms with Crippen LogP contribution in [0.25, 0.3) is 16.8 Å². The summed E-state index contributed by atoms with van der Waals surface area (Å²) >= 11 is 0.869. The average Bonchev–Trinajstić information content (AvgIpc) is 3.76. The topological polar surface area (TPSA) is 99.1 Å². The van der Waals surface area contributed by atoms with Gasteiger partial charge >= 0.3 is 6.18 Å². The van der Waals surface area contributed by atoms with E-state index in [1.54, 1.807) is 4.90 Å². The molecule has 1 aromatic heterocycles. The van der Waals surface area contributed by atoms with Gasteiger partial charge in [-0.05, 0) is 61.9 Å². The highest BCUT2D eigenvalue weighted by atomic mass is 32.2. The lowest BCUT2D eigenvalue weighted by Crippen LogP contribution is -2.45. The van der Waals surface area contributed by atoms with Gasteiger partial charge in [-0.3, -0.25) is 14.3 Å². The second-order valence-electron chi connectivity index (χ2n) is 14.6. The molecule has 2 fully saturated rings. The molecule has 15 heteroatoms. The van der Waals surface area contributed by atoms with Crippen molar-refractivity contribution in [1.29, 1.82) is 0 Å². The number of rotatable bonds is 11. The first-order valence-corrected chi connectivity index (χ1v) is 21.6. The molecule has 7 rings (SSSR count). The van der Waals surface area contributed by atoms with E-state index in [-0.39, 0.29) is 29.0 Å². The fourth-order valence-corrected chi connectivity index (χ4v) is 9.98. The molecule has 0 aliphatic carbocycles. The Hall–Kier alpha value is -3.66. The van der Waals surface area contributed by atoms with Crippen LogP contribution in [-0.4, -0.2) is 113 Å². The molecule has 0 saturated carbocycles. The lowest BCUT2D eigenvalue weighted by Gasteiger charge is -2.36. The van der Waals surface area contributed by atoms with Crippen molar-refractivity contribution in [2.24, 2.45) is 0 Å². The molecule has 54 heavy (non-hydrogen) atoms. The third kappa shape index (κ3) is 8.74. The third-order valence-corrected chi connectivity index (χ3v) is 13.4. The first-order chi connectivity index (χ1) is 25.8. The zero-order valence-electron chi connectivity index (χ0n) is 30.6. The predicted molar refractivity (Wildman–Crippen MR) is 203 cm³/mol. The van der Waals surface area contributed by atoms with E-state index in [0.29, 0.717) is 68.3 Å². The highest BCUT2D eigenvalue weighted by molar-refractivity contribution is 8.00. The number of amides is 2. The summed E-state index contributed by atoms with van der Waals surface area (Å²) in [6, 6.07) is 14.1. The van der Waals surface area contributed by atoms with E-state index >= 15 is 0 Å². The predicted octanol–water partition coefficient (Wildman–Crippen LogP) is 5.77. The van der Waals surface area contributed by atoms with Gasteiger partial charge in [0.25, 0.3) is 0 Å². The Morgan fingerprint density at radius 3 is 2.39 bits per heavy atom. The maximum atomic E-state index is 14.3. The minimum absolute atomic E-state index is 0.0658. The molecule has 2 amide bonds. The molecule has 0 N–H and O–H groups in total. The first-order valence-electron chi connectivity index (χ1n) is 18.8. The number of carbonyl (C=O) groups is 2. The van der Waals surface area contributed by atoms with Crippen molar-refractivity contribution >= 4 is 39.2 Å². The van der Waals surface area contributed by atoms with Crippen LogP contribution in [0.3, 0.4) is 0 Å². The molecule has 2 aromatic carbocycles. The Balaban J connectivity index is 1.06. The van der Waals surface area contributed by atoms with Gasteiger partial charge in [-0.2, -0.15) is 22.6 Å². The lowest BCUT2D eigenvalue weighted by atomic mass is 10.00. The minimum Gasteiger partial charge on any atom is -0.340 e. The highest BCUT2D eigenvalue weighted by Crippen LogP contribution is 2.40. The normalized spacial score (nSPS) is 19.3. The van der Waals surface area contributed by atoms with Crippen molar-refractivity contribution in [3.05, 3.63) is 77.0 Å². The maximum absolute atomic E-state index is 14.3. The zero-order chi connectivity index (χ0) is 38.0. The molecule has 4 aliphatic rings. The Bertz CT molecular complexity index is 1990. The molecular weight excluding hydrogens is 738 g/mol. The molecule has 0 bridgehead atoms. The van der Waals surface area contributed by atoms with Gasteiger partial charge in [0, 0.05) is 93.0 Å². The molecule has 3 aromatic rings. The number of aryl methyl sites for hydroxylation is 1. The molecular formula is C39H47F3N6O4S2. The Morgan fingerprint density at radius 2 is 1.72 bits per heavy atom. The SMILES string of the molecule is CS(=O)(=O)N1CCc2c(c(-c3ccc(C(F)(F)F)c(SCC(=O)N4CC=C(c5ccccc5)CC4)c3)nn2CCCN2CCC(N3CCCC3=O)CC2)C1. The average molecular weight is 785 g/mol. The lowest BCUT2D eigenvalue weighted by molar-refractivity contribution is -0.139. The number of thioether (sulfide) groups is 1. The van der Waals surface area contributed by atoms with Crippen molar-refractivity contribution in [2.45, 2.75) is 75.1 Å². The molecule has 0 unspecified atom stereocenters. The van der Waals surface area contributed by atoms with E-state index in [1.807, 2.05) is 46.0 Å². The second kappa shape index (κ2) is 16.2. The number of aromatic nitrogens is 2. The Labute approximate surface area is 319 Å².